The molecule has 1 aliphatic heterocycles. The lowest BCUT2D eigenvalue weighted by atomic mass is 10.4. The first kappa shape index (κ1) is 15.5. The molecule has 2 heterocycles. The second-order valence-corrected chi connectivity index (χ2v) is 4.85. The molecule has 0 aliphatic carbocycles. The fourth-order valence-electron chi connectivity index (χ4n) is 2.19. The first-order valence-corrected chi connectivity index (χ1v) is 6.99. The van der Waals surface area contributed by atoms with Crippen molar-refractivity contribution < 1.29 is 9.53 Å². The van der Waals surface area contributed by atoms with E-state index >= 15 is 0 Å². The van der Waals surface area contributed by atoms with E-state index in [1.165, 1.54) is 16.8 Å². The van der Waals surface area contributed by atoms with Gasteiger partial charge < -0.3 is 15.4 Å². The van der Waals surface area contributed by atoms with Gasteiger partial charge in [0.15, 0.2) is 0 Å². The van der Waals surface area contributed by atoms with Crippen molar-refractivity contribution in [1.82, 2.24) is 14.0 Å². The second-order valence-electron chi connectivity index (χ2n) is 4.85. The third-order valence-electron chi connectivity index (χ3n) is 3.39. The molecule has 0 aromatic carbocycles. The van der Waals surface area contributed by atoms with Crippen molar-refractivity contribution in [3.63, 3.8) is 0 Å². The van der Waals surface area contributed by atoms with Crippen molar-refractivity contribution in [3.8, 4) is 0 Å². The highest BCUT2D eigenvalue weighted by Crippen LogP contribution is 1.98. The molecule has 8 heteroatoms. The Hall–Kier alpha value is -1.93. The van der Waals surface area contributed by atoms with E-state index < -0.39 is 5.69 Å². The van der Waals surface area contributed by atoms with Crippen LogP contribution < -0.4 is 17.0 Å². The van der Waals surface area contributed by atoms with E-state index in [1.54, 1.807) is 4.90 Å². The Balaban J connectivity index is 2.14. The highest BCUT2D eigenvalue weighted by molar-refractivity contribution is 5.76. The molecule has 0 spiro atoms. The van der Waals surface area contributed by atoms with Gasteiger partial charge in [0.1, 0.15) is 6.54 Å². The number of rotatable bonds is 5. The fourth-order valence-corrected chi connectivity index (χ4v) is 2.19. The molecule has 1 saturated heterocycles. The number of carbonyl (C=O) groups excluding carboxylic acids is 1. The average molecular weight is 296 g/mol. The van der Waals surface area contributed by atoms with E-state index in [-0.39, 0.29) is 24.6 Å². The number of carbonyl (C=O) groups is 1. The molecule has 2 rings (SSSR count). The van der Waals surface area contributed by atoms with E-state index in [4.69, 9.17) is 10.5 Å². The molecule has 116 valence electrons. The van der Waals surface area contributed by atoms with E-state index in [2.05, 4.69) is 0 Å². The molecular formula is C13H20N4O4. The summed E-state index contributed by atoms with van der Waals surface area (Å²) in [5, 5.41) is 0. The highest BCUT2D eigenvalue weighted by atomic mass is 16.5. The SMILES string of the molecule is NCCCn1c(=O)ccn(CC(=O)N2CCOCC2)c1=O. The summed E-state index contributed by atoms with van der Waals surface area (Å²) in [7, 11) is 0. The zero-order valence-corrected chi connectivity index (χ0v) is 11.9. The van der Waals surface area contributed by atoms with Crippen molar-refractivity contribution in [2.24, 2.45) is 5.73 Å². The third-order valence-corrected chi connectivity index (χ3v) is 3.39. The normalized spacial score (nSPS) is 15.2. The van der Waals surface area contributed by atoms with Gasteiger partial charge in [-0.05, 0) is 13.0 Å². The van der Waals surface area contributed by atoms with Crippen LogP contribution in [0.4, 0.5) is 0 Å². The van der Waals surface area contributed by atoms with E-state index in [0.717, 1.165) is 4.57 Å². The van der Waals surface area contributed by atoms with Crippen molar-refractivity contribution in [2.75, 3.05) is 32.8 Å². The van der Waals surface area contributed by atoms with Gasteiger partial charge in [-0.1, -0.05) is 0 Å². The summed E-state index contributed by atoms with van der Waals surface area (Å²) >= 11 is 0. The molecule has 1 fully saturated rings. The summed E-state index contributed by atoms with van der Waals surface area (Å²) in [6.07, 6.45) is 1.90. The van der Waals surface area contributed by atoms with Crippen LogP contribution in [0.3, 0.4) is 0 Å². The zero-order valence-electron chi connectivity index (χ0n) is 11.9. The Morgan fingerprint density at radius 1 is 1.29 bits per heavy atom. The number of nitrogens with two attached hydrogens (primary N) is 1. The average Bonchev–Trinajstić information content (AvgIpc) is 2.51. The molecule has 0 bridgehead atoms. The standard InChI is InChI=1S/C13H20N4O4/c14-3-1-4-17-11(18)2-5-16(13(17)20)10-12(19)15-6-8-21-9-7-15/h2,5H,1,3-4,6-10,14H2. The number of hydrogen-bond donors (Lipinski definition) is 1. The van der Waals surface area contributed by atoms with Crippen molar-refractivity contribution in [1.29, 1.82) is 0 Å². The summed E-state index contributed by atoms with van der Waals surface area (Å²) in [6, 6.07) is 1.30. The minimum Gasteiger partial charge on any atom is -0.378 e. The lowest BCUT2D eigenvalue weighted by Crippen LogP contribution is -2.45. The summed E-state index contributed by atoms with van der Waals surface area (Å²) in [5.74, 6) is -0.149. The van der Waals surface area contributed by atoms with Crippen LogP contribution in [-0.2, 0) is 22.6 Å². The third kappa shape index (κ3) is 3.79. The van der Waals surface area contributed by atoms with Crippen LogP contribution in [0.15, 0.2) is 21.9 Å². The first-order chi connectivity index (χ1) is 10.1. The molecular weight excluding hydrogens is 276 g/mol. The molecule has 2 N–H and O–H groups in total. The van der Waals surface area contributed by atoms with Crippen LogP contribution in [0, 0.1) is 0 Å². The van der Waals surface area contributed by atoms with Crippen LogP contribution >= 0.6 is 0 Å². The Kier molecular flexibility index (Phi) is 5.29. The van der Waals surface area contributed by atoms with Crippen molar-refractivity contribution >= 4 is 5.91 Å². The van der Waals surface area contributed by atoms with Gasteiger partial charge >= 0.3 is 5.69 Å². The zero-order chi connectivity index (χ0) is 15.2. The molecule has 0 saturated carbocycles. The largest absolute Gasteiger partial charge is 0.378 e. The molecule has 1 amide bonds. The maximum absolute atomic E-state index is 12.2. The minimum absolute atomic E-state index is 0.0677. The number of aromatic nitrogens is 2. The van der Waals surface area contributed by atoms with Gasteiger partial charge in [-0.2, -0.15) is 0 Å². The van der Waals surface area contributed by atoms with Gasteiger partial charge in [0.2, 0.25) is 5.91 Å². The van der Waals surface area contributed by atoms with Crippen LogP contribution in [0.1, 0.15) is 6.42 Å². The lowest BCUT2D eigenvalue weighted by molar-refractivity contribution is -0.136. The summed E-state index contributed by atoms with van der Waals surface area (Å²) in [4.78, 5) is 37.7. The predicted molar refractivity (Wildman–Crippen MR) is 76.0 cm³/mol. The van der Waals surface area contributed by atoms with Gasteiger partial charge in [0, 0.05) is 31.9 Å². The fraction of sp³-hybridized carbons (Fsp3) is 0.615. The maximum Gasteiger partial charge on any atom is 0.331 e. The highest BCUT2D eigenvalue weighted by Gasteiger charge is 2.18. The van der Waals surface area contributed by atoms with E-state index in [0.29, 0.717) is 39.3 Å². The van der Waals surface area contributed by atoms with E-state index in [9.17, 15) is 14.4 Å². The Bertz CT molecular complexity index is 601. The molecule has 0 unspecified atom stereocenters. The molecule has 1 aliphatic rings. The van der Waals surface area contributed by atoms with Crippen LogP contribution in [0.2, 0.25) is 0 Å². The van der Waals surface area contributed by atoms with Crippen molar-refractivity contribution in [2.45, 2.75) is 19.5 Å². The maximum atomic E-state index is 12.2. The smallest absolute Gasteiger partial charge is 0.331 e. The summed E-state index contributed by atoms with van der Waals surface area (Å²) in [6.45, 7) is 2.67. The number of nitrogens with zero attached hydrogens (tertiary/aromatic N) is 3. The Morgan fingerprint density at radius 2 is 2.00 bits per heavy atom. The number of ether oxygens (including phenoxy) is 1. The minimum atomic E-state index is -0.474. The van der Waals surface area contributed by atoms with Gasteiger partial charge in [0.25, 0.3) is 5.56 Å². The second kappa shape index (κ2) is 7.19. The molecule has 21 heavy (non-hydrogen) atoms. The van der Waals surface area contributed by atoms with Crippen LogP contribution in [-0.4, -0.2) is 52.8 Å². The van der Waals surface area contributed by atoms with Crippen LogP contribution in [0.25, 0.3) is 0 Å². The number of hydrogen-bond acceptors (Lipinski definition) is 5. The van der Waals surface area contributed by atoms with Gasteiger partial charge in [-0.25, -0.2) is 4.79 Å². The van der Waals surface area contributed by atoms with E-state index in [1.807, 2.05) is 0 Å². The molecule has 0 atom stereocenters. The molecule has 0 radical (unpaired) electrons. The molecule has 1 aromatic heterocycles. The van der Waals surface area contributed by atoms with Gasteiger partial charge in [-0.3, -0.25) is 18.7 Å². The van der Waals surface area contributed by atoms with Gasteiger partial charge in [0.05, 0.1) is 13.2 Å². The Morgan fingerprint density at radius 3 is 2.67 bits per heavy atom. The Labute approximate surface area is 121 Å². The van der Waals surface area contributed by atoms with Gasteiger partial charge in [-0.15, -0.1) is 0 Å². The summed E-state index contributed by atoms with van der Waals surface area (Å²) < 4.78 is 7.55. The monoisotopic (exact) mass is 296 g/mol. The number of amides is 1. The first-order valence-electron chi connectivity index (χ1n) is 6.99. The predicted octanol–water partition coefficient (Wildman–Crippen LogP) is -1.78. The number of morpholine rings is 1. The molecule has 8 nitrogen and oxygen atoms in total. The van der Waals surface area contributed by atoms with Crippen molar-refractivity contribution in [3.05, 3.63) is 33.1 Å². The summed E-state index contributed by atoms with van der Waals surface area (Å²) in [5.41, 5.74) is 4.55. The lowest BCUT2D eigenvalue weighted by Gasteiger charge is -2.27. The molecule has 1 aromatic rings. The van der Waals surface area contributed by atoms with Crippen LogP contribution in [0.5, 0.6) is 0 Å². The quantitative estimate of drug-likeness (QED) is 0.692. The topological polar surface area (TPSA) is 99.6 Å².